The summed E-state index contributed by atoms with van der Waals surface area (Å²) in [6, 6.07) is 6.48. The van der Waals surface area contributed by atoms with E-state index in [4.69, 9.17) is 11.6 Å². The number of hydrogen-bond acceptors (Lipinski definition) is 3. The van der Waals surface area contributed by atoms with Crippen LogP contribution in [-0.2, 0) is 6.42 Å². The topological polar surface area (TPSA) is 43.1 Å². The second-order valence-electron chi connectivity index (χ2n) is 5.37. The van der Waals surface area contributed by atoms with Crippen LogP contribution in [0.5, 0.6) is 0 Å². The number of fused-ring (bicyclic) bond motifs is 2. The zero-order valence-corrected chi connectivity index (χ0v) is 13.3. The Kier molecular flexibility index (Phi) is 3.42. The Morgan fingerprint density at radius 3 is 2.79 bits per heavy atom. The smallest absolute Gasteiger partial charge is 0.221 e. The highest BCUT2D eigenvalue weighted by Gasteiger charge is 2.16. The van der Waals surface area contributed by atoms with E-state index in [0.717, 1.165) is 9.79 Å². The Bertz CT molecular complexity index is 1090. The van der Waals surface area contributed by atoms with Crippen molar-refractivity contribution >= 4 is 28.2 Å². The van der Waals surface area contributed by atoms with Gasteiger partial charge in [0.1, 0.15) is 0 Å². The van der Waals surface area contributed by atoms with Crippen LogP contribution in [0.1, 0.15) is 12.6 Å². The van der Waals surface area contributed by atoms with Crippen molar-refractivity contribution < 1.29 is 8.78 Å². The number of nitrogens with zero attached hydrogens (tertiary/aromatic N) is 4. The molecule has 0 aliphatic rings. The predicted octanol–water partition coefficient (Wildman–Crippen LogP) is 4.44. The molecule has 0 saturated carbocycles. The quantitative estimate of drug-likeness (QED) is 0.540. The van der Waals surface area contributed by atoms with Gasteiger partial charge in [-0.25, -0.2) is 19.3 Å². The lowest BCUT2D eigenvalue weighted by Gasteiger charge is -2.05. The molecule has 1 aromatic carbocycles. The molecule has 0 spiro atoms. The van der Waals surface area contributed by atoms with Crippen molar-refractivity contribution in [1.82, 2.24) is 19.4 Å². The van der Waals surface area contributed by atoms with Gasteiger partial charge in [0.25, 0.3) is 0 Å². The SMILES string of the molecule is CCc1nc2c(F)cc(-c3ncc4cc(Cl)ccc4n3)cn2c1F. The average molecular weight is 345 g/mol. The predicted molar refractivity (Wildman–Crippen MR) is 88.0 cm³/mol. The molecular weight excluding hydrogens is 334 g/mol. The molecule has 0 aliphatic heterocycles. The van der Waals surface area contributed by atoms with Gasteiger partial charge >= 0.3 is 0 Å². The second kappa shape index (κ2) is 5.49. The normalized spacial score (nSPS) is 11.5. The van der Waals surface area contributed by atoms with Gasteiger partial charge in [-0.1, -0.05) is 18.5 Å². The van der Waals surface area contributed by atoms with Gasteiger partial charge in [0.05, 0.1) is 11.2 Å². The Labute approximate surface area is 140 Å². The molecule has 0 amide bonds. The lowest BCUT2D eigenvalue weighted by molar-refractivity contribution is 0.554. The van der Waals surface area contributed by atoms with Crippen LogP contribution in [0.2, 0.25) is 5.02 Å². The summed E-state index contributed by atoms with van der Waals surface area (Å²) in [5.41, 5.74) is 1.22. The van der Waals surface area contributed by atoms with E-state index in [1.165, 1.54) is 12.3 Å². The zero-order valence-electron chi connectivity index (χ0n) is 12.6. The maximum absolute atomic E-state index is 14.3. The first kappa shape index (κ1) is 15.0. The number of benzene rings is 1. The Balaban J connectivity index is 1.92. The minimum absolute atomic E-state index is 0.0410. The first-order valence-corrected chi connectivity index (χ1v) is 7.73. The van der Waals surface area contributed by atoms with Gasteiger partial charge < -0.3 is 0 Å². The summed E-state index contributed by atoms with van der Waals surface area (Å²) in [4.78, 5) is 12.6. The third-order valence-electron chi connectivity index (χ3n) is 3.82. The lowest BCUT2D eigenvalue weighted by Crippen LogP contribution is -1.97. The minimum atomic E-state index is -0.620. The molecule has 0 unspecified atom stereocenters. The van der Waals surface area contributed by atoms with Crippen LogP contribution in [0, 0.1) is 11.8 Å². The summed E-state index contributed by atoms with van der Waals surface area (Å²) < 4.78 is 29.7. The maximum Gasteiger partial charge on any atom is 0.221 e. The molecular formula is C17H11ClF2N4. The largest absolute Gasteiger partial charge is 0.273 e. The van der Waals surface area contributed by atoms with E-state index in [9.17, 15) is 8.78 Å². The molecule has 7 heteroatoms. The van der Waals surface area contributed by atoms with E-state index in [-0.39, 0.29) is 11.3 Å². The number of pyridine rings is 1. The summed E-state index contributed by atoms with van der Waals surface area (Å²) in [7, 11) is 0. The van der Waals surface area contributed by atoms with Gasteiger partial charge in [-0.05, 0) is 30.7 Å². The number of imidazole rings is 1. The van der Waals surface area contributed by atoms with Crippen LogP contribution in [0.4, 0.5) is 8.78 Å². The highest BCUT2D eigenvalue weighted by atomic mass is 35.5. The maximum atomic E-state index is 14.3. The van der Waals surface area contributed by atoms with Gasteiger partial charge in [0.15, 0.2) is 17.3 Å². The van der Waals surface area contributed by atoms with Crippen molar-refractivity contribution in [2.24, 2.45) is 0 Å². The number of rotatable bonds is 2. The molecule has 0 radical (unpaired) electrons. The molecule has 0 fully saturated rings. The molecule has 0 bridgehead atoms. The van der Waals surface area contributed by atoms with E-state index in [0.29, 0.717) is 28.3 Å². The van der Waals surface area contributed by atoms with Gasteiger partial charge in [-0.3, -0.25) is 4.40 Å². The van der Waals surface area contributed by atoms with Crippen molar-refractivity contribution in [3.05, 3.63) is 59.1 Å². The van der Waals surface area contributed by atoms with Crippen LogP contribution in [0.3, 0.4) is 0 Å². The van der Waals surface area contributed by atoms with Crippen molar-refractivity contribution in [3.63, 3.8) is 0 Å². The van der Waals surface area contributed by atoms with Gasteiger partial charge in [-0.2, -0.15) is 4.39 Å². The summed E-state index contributed by atoms with van der Waals surface area (Å²) in [6.07, 6.45) is 3.44. The standard InChI is InChI=1S/C17H11ClF2N4/c1-2-13-15(20)24-8-10(6-12(19)17(24)23-13)16-21-7-9-5-11(18)3-4-14(9)22-16/h3-8H,2H2,1H3. The Morgan fingerprint density at radius 2 is 2.00 bits per heavy atom. The highest BCUT2D eigenvalue weighted by molar-refractivity contribution is 6.31. The van der Waals surface area contributed by atoms with Crippen molar-refractivity contribution in [2.75, 3.05) is 0 Å². The van der Waals surface area contributed by atoms with E-state index >= 15 is 0 Å². The van der Waals surface area contributed by atoms with Crippen molar-refractivity contribution in [2.45, 2.75) is 13.3 Å². The molecule has 4 nitrogen and oxygen atoms in total. The van der Waals surface area contributed by atoms with Gasteiger partial charge in [0.2, 0.25) is 5.95 Å². The molecule has 0 aliphatic carbocycles. The monoisotopic (exact) mass is 344 g/mol. The molecule has 0 N–H and O–H groups in total. The van der Waals surface area contributed by atoms with Crippen LogP contribution in [-0.4, -0.2) is 19.4 Å². The lowest BCUT2D eigenvalue weighted by atomic mass is 10.2. The Hall–Kier alpha value is -2.60. The molecule has 3 aromatic heterocycles. The van der Waals surface area contributed by atoms with E-state index < -0.39 is 11.8 Å². The molecule has 24 heavy (non-hydrogen) atoms. The van der Waals surface area contributed by atoms with E-state index in [1.807, 2.05) is 0 Å². The fourth-order valence-electron chi connectivity index (χ4n) is 2.61. The average Bonchev–Trinajstić information content (AvgIpc) is 2.91. The van der Waals surface area contributed by atoms with Crippen molar-refractivity contribution in [1.29, 1.82) is 0 Å². The van der Waals surface area contributed by atoms with E-state index in [2.05, 4.69) is 15.0 Å². The summed E-state index contributed by atoms with van der Waals surface area (Å²) in [5.74, 6) is -0.886. The second-order valence-corrected chi connectivity index (χ2v) is 5.81. The summed E-state index contributed by atoms with van der Waals surface area (Å²) >= 11 is 5.94. The summed E-state index contributed by atoms with van der Waals surface area (Å²) in [5, 5.41) is 1.36. The van der Waals surface area contributed by atoms with Gasteiger partial charge in [-0.15, -0.1) is 0 Å². The Morgan fingerprint density at radius 1 is 1.17 bits per heavy atom. The minimum Gasteiger partial charge on any atom is -0.273 e. The third-order valence-corrected chi connectivity index (χ3v) is 4.05. The van der Waals surface area contributed by atoms with Gasteiger partial charge in [0, 0.05) is 28.4 Å². The fraction of sp³-hybridized carbons (Fsp3) is 0.118. The van der Waals surface area contributed by atoms with Crippen LogP contribution < -0.4 is 0 Å². The van der Waals surface area contributed by atoms with E-state index in [1.54, 1.807) is 31.3 Å². The van der Waals surface area contributed by atoms with Crippen LogP contribution in [0.15, 0.2) is 36.7 Å². The number of aromatic nitrogens is 4. The molecule has 4 rings (SSSR count). The third kappa shape index (κ3) is 2.30. The zero-order chi connectivity index (χ0) is 16.8. The van der Waals surface area contributed by atoms with Crippen molar-refractivity contribution in [3.8, 4) is 11.4 Å². The number of halogens is 3. The van der Waals surface area contributed by atoms with Crippen LogP contribution in [0.25, 0.3) is 27.9 Å². The molecule has 3 heterocycles. The molecule has 4 aromatic rings. The summed E-state index contributed by atoms with van der Waals surface area (Å²) in [6.45, 7) is 1.77. The fourth-order valence-corrected chi connectivity index (χ4v) is 2.79. The molecule has 0 atom stereocenters. The molecule has 0 saturated heterocycles. The first-order chi connectivity index (χ1) is 11.6. The number of hydrogen-bond donors (Lipinski definition) is 0. The molecule has 120 valence electrons. The van der Waals surface area contributed by atoms with Crippen LogP contribution >= 0.6 is 11.6 Å². The first-order valence-electron chi connectivity index (χ1n) is 7.35. The highest BCUT2D eigenvalue weighted by Crippen LogP contribution is 2.24. The number of aryl methyl sites for hydroxylation is 1.